The Morgan fingerprint density at radius 1 is 1.45 bits per heavy atom. The first kappa shape index (κ1) is 17.4. The van der Waals surface area contributed by atoms with Crippen LogP contribution in [-0.2, 0) is 4.79 Å². The summed E-state index contributed by atoms with van der Waals surface area (Å²) in [6.07, 6.45) is 1.78. The van der Waals surface area contributed by atoms with Gasteiger partial charge in [0.25, 0.3) is 0 Å². The van der Waals surface area contributed by atoms with Crippen molar-refractivity contribution in [1.82, 2.24) is 15.1 Å². The molecule has 0 aromatic heterocycles. The number of hydrogen-bond donors (Lipinski definition) is 2. The van der Waals surface area contributed by atoms with Crippen LogP contribution in [0.25, 0.3) is 0 Å². The predicted molar refractivity (Wildman–Crippen MR) is 82.1 cm³/mol. The lowest BCUT2D eigenvalue weighted by Crippen LogP contribution is -2.57. The average Bonchev–Trinajstić information content (AvgIpc) is 2.39. The van der Waals surface area contributed by atoms with Crippen LogP contribution in [0.4, 0.5) is 0 Å². The summed E-state index contributed by atoms with van der Waals surface area (Å²) in [7, 11) is 2.18. The van der Waals surface area contributed by atoms with E-state index in [0.29, 0.717) is 19.0 Å². The molecule has 0 radical (unpaired) electrons. The molecule has 0 amide bonds. The Morgan fingerprint density at radius 2 is 2.10 bits per heavy atom. The minimum atomic E-state index is -0.834. The molecule has 0 aliphatic carbocycles. The van der Waals surface area contributed by atoms with E-state index in [4.69, 9.17) is 0 Å². The number of piperazine rings is 1. The third kappa shape index (κ3) is 4.17. The lowest BCUT2D eigenvalue weighted by molar-refractivity contribution is -0.145. The quantitative estimate of drug-likeness (QED) is 0.737. The van der Waals surface area contributed by atoms with Crippen molar-refractivity contribution in [2.45, 2.75) is 58.2 Å². The fourth-order valence-electron chi connectivity index (χ4n) is 3.16. The molecule has 2 N–H and O–H groups in total. The molecule has 3 unspecified atom stereocenters. The van der Waals surface area contributed by atoms with Crippen molar-refractivity contribution in [2.75, 3.05) is 33.2 Å². The Morgan fingerprint density at radius 3 is 2.60 bits per heavy atom. The van der Waals surface area contributed by atoms with Crippen LogP contribution in [0.3, 0.4) is 0 Å². The molecule has 5 heteroatoms. The maximum absolute atomic E-state index is 11.5. The summed E-state index contributed by atoms with van der Waals surface area (Å²) in [5.41, 5.74) is -0.834. The van der Waals surface area contributed by atoms with E-state index in [1.54, 1.807) is 6.92 Å². The molecule has 1 fully saturated rings. The Bertz CT molecular complexity index is 324. The molecule has 1 heterocycles. The minimum absolute atomic E-state index is 0.276. The van der Waals surface area contributed by atoms with Crippen molar-refractivity contribution < 1.29 is 9.90 Å². The summed E-state index contributed by atoms with van der Waals surface area (Å²) in [4.78, 5) is 16.4. The lowest BCUT2D eigenvalue weighted by Gasteiger charge is -2.43. The van der Waals surface area contributed by atoms with E-state index in [1.165, 1.54) is 0 Å². The smallest absolute Gasteiger partial charge is 0.323 e. The topological polar surface area (TPSA) is 55.8 Å². The normalized spacial score (nSPS) is 26.1. The number of aliphatic carboxylic acids is 1. The van der Waals surface area contributed by atoms with Crippen LogP contribution in [0.5, 0.6) is 0 Å². The van der Waals surface area contributed by atoms with Crippen molar-refractivity contribution >= 4 is 5.97 Å². The first-order chi connectivity index (χ1) is 9.34. The van der Waals surface area contributed by atoms with Crippen molar-refractivity contribution in [3.8, 4) is 0 Å². The van der Waals surface area contributed by atoms with E-state index in [-0.39, 0.29) is 6.04 Å². The molecule has 0 aromatic rings. The number of carboxylic acid groups (broad SMARTS) is 1. The van der Waals surface area contributed by atoms with Gasteiger partial charge in [0.1, 0.15) is 5.54 Å². The molecule has 0 bridgehead atoms. The molecule has 1 rings (SSSR count). The zero-order valence-corrected chi connectivity index (χ0v) is 13.6. The van der Waals surface area contributed by atoms with Crippen molar-refractivity contribution in [3.63, 3.8) is 0 Å². The molecular formula is C15H31N3O2. The van der Waals surface area contributed by atoms with Gasteiger partial charge in [-0.15, -0.1) is 0 Å². The summed E-state index contributed by atoms with van der Waals surface area (Å²) in [5, 5.41) is 12.6. The second kappa shape index (κ2) is 7.38. The maximum Gasteiger partial charge on any atom is 0.323 e. The Balaban J connectivity index is 2.65. The lowest BCUT2D eigenvalue weighted by atomic mass is 9.92. The van der Waals surface area contributed by atoms with Gasteiger partial charge in [-0.3, -0.25) is 9.69 Å². The molecule has 3 atom stereocenters. The highest BCUT2D eigenvalue weighted by molar-refractivity contribution is 5.78. The molecule has 0 spiro atoms. The SMILES string of the molecule is CCNC(C)(CC(C)N1CCN(C)C(CC)C1)C(=O)O. The van der Waals surface area contributed by atoms with Gasteiger partial charge in [-0.25, -0.2) is 0 Å². The zero-order valence-electron chi connectivity index (χ0n) is 13.6. The van der Waals surface area contributed by atoms with E-state index in [1.807, 2.05) is 6.92 Å². The average molecular weight is 285 g/mol. The largest absolute Gasteiger partial charge is 0.480 e. The van der Waals surface area contributed by atoms with E-state index >= 15 is 0 Å². The zero-order chi connectivity index (χ0) is 15.3. The van der Waals surface area contributed by atoms with Crippen LogP contribution in [-0.4, -0.2) is 71.7 Å². The Labute approximate surface area is 123 Å². The van der Waals surface area contributed by atoms with Crippen molar-refractivity contribution in [2.24, 2.45) is 0 Å². The third-order valence-corrected chi connectivity index (χ3v) is 4.65. The van der Waals surface area contributed by atoms with Gasteiger partial charge in [0.05, 0.1) is 0 Å². The van der Waals surface area contributed by atoms with Crippen LogP contribution >= 0.6 is 0 Å². The van der Waals surface area contributed by atoms with Crippen molar-refractivity contribution in [1.29, 1.82) is 0 Å². The van der Waals surface area contributed by atoms with Crippen molar-refractivity contribution in [3.05, 3.63) is 0 Å². The summed E-state index contributed by atoms with van der Waals surface area (Å²) >= 11 is 0. The van der Waals surface area contributed by atoms with Crippen LogP contribution < -0.4 is 5.32 Å². The van der Waals surface area contributed by atoms with Crippen LogP contribution in [0.2, 0.25) is 0 Å². The molecule has 1 aliphatic heterocycles. The summed E-state index contributed by atoms with van der Waals surface area (Å²) in [6, 6.07) is 0.860. The number of nitrogens with one attached hydrogen (secondary N) is 1. The third-order valence-electron chi connectivity index (χ3n) is 4.65. The second-order valence-electron chi connectivity index (χ2n) is 6.26. The highest BCUT2D eigenvalue weighted by atomic mass is 16.4. The van der Waals surface area contributed by atoms with Gasteiger partial charge in [-0.05, 0) is 40.3 Å². The molecule has 1 aliphatic rings. The first-order valence-electron chi connectivity index (χ1n) is 7.76. The van der Waals surface area contributed by atoms with Gasteiger partial charge in [-0.2, -0.15) is 0 Å². The number of carboxylic acids is 1. The highest BCUT2D eigenvalue weighted by Gasteiger charge is 2.36. The van der Waals surface area contributed by atoms with Gasteiger partial charge in [-0.1, -0.05) is 13.8 Å². The highest BCUT2D eigenvalue weighted by Crippen LogP contribution is 2.20. The number of hydrogen-bond acceptors (Lipinski definition) is 4. The molecule has 20 heavy (non-hydrogen) atoms. The first-order valence-corrected chi connectivity index (χ1v) is 7.76. The van der Waals surface area contributed by atoms with E-state index in [2.05, 4.69) is 36.0 Å². The van der Waals surface area contributed by atoms with Gasteiger partial charge >= 0.3 is 5.97 Å². The number of likely N-dealkylation sites (N-methyl/N-ethyl adjacent to an activating group) is 2. The number of carbonyl (C=O) groups is 1. The molecule has 1 saturated heterocycles. The summed E-state index contributed by atoms with van der Waals surface area (Å²) in [6.45, 7) is 11.9. The second-order valence-corrected chi connectivity index (χ2v) is 6.26. The molecular weight excluding hydrogens is 254 g/mol. The number of rotatable bonds is 7. The molecule has 0 aromatic carbocycles. The fourth-order valence-corrected chi connectivity index (χ4v) is 3.16. The Kier molecular flexibility index (Phi) is 6.43. The molecule has 118 valence electrons. The maximum atomic E-state index is 11.5. The van der Waals surface area contributed by atoms with Crippen LogP contribution in [0.15, 0.2) is 0 Å². The minimum Gasteiger partial charge on any atom is -0.480 e. The van der Waals surface area contributed by atoms with E-state index in [9.17, 15) is 9.90 Å². The van der Waals surface area contributed by atoms with E-state index in [0.717, 1.165) is 26.1 Å². The van der Waals surface area contributed by atoms with Crippen LogP contribution in [0.1, 0.15) is 40.5 Å². The standard InChI is InChI=1S/C15H31N3O2/c1-6-13-11-18(9-8-17(13)5)12(3)10-15(4,14(19)20)16-7-2/h12-13,16H,6-11H2,1-5H3,(H,19,20). The molecule has 5 nitrogen and oxygen atoms in total. The van der Waals surface area contributed by atoms with E-state index < -0.39 is 11.5 Å². The number of nitrogens with zero attached hydrogens (tertiary/aromatic N) is 2. The predicted octanol–water partition coefficient (Wildman–Crippen LogP) is 1.24. The van der Waals surface area contributed by atoms with Gasteiger partial charge in [0.15, 0.2) is 0 Å². The summed E-state index contributed by atoms with van der Waals surface area (Å²) < 4.78 is 0. The van der Waals surface area contributed by atoms with Gasteiger partial charge in [0, 0.05) is 31.7 Å². The summed E-state index contributed by atoms with van der Waals surface area (Å²) in [5.74, 6) is -0.757. The van der Waals surface area contributed by atoms with Gasteiger partial charge in [0.2, 0.25) is 0 Å². The van der Waals surface area contributed by atoms with Crippen LogP contribution in [0, 0.1) is 0 Å². The molecule has 0 saturated carbocycles. The monoisotopic (exact) mass is 285 g/mol. The van der Waals surface area contributed by atoms with Gasteiger partial charge < -0.3 is 15.3 Å². The fraction of sp³-hybridized carbons (Fsp3) is 0.933. The Hall–Kier alpha value is -0.650.